The number of benzene rings is 1. The topological polar surface area (TPSA) is 49.9 Å². The SMILES string of the molecule is CCCC(=O)c1c(C)c2ccccc2[nH]c1=O. The van der Waals surface area contributed by atoms with Gasteiger partial charge in [0.05, 0.1) is 5.56 Å². The number of hydrogen-bond acceptors (Lipinski definition) is 2. The molecule has 0 unspecified atom stereocenters. The average Bonchev–Trinajstić information content (AvgIpc) is 2.29. The summed E-state index contributed by atoms with van der Waals surface area (Å²) in [7, 11) is 0. The van der Waals surface area contributed by atoms with Gasteiger partial charge in [-0.3, -0.25) is 9.59 Å². The van der Waals surface area contributed by atoms with E-state index in [1.165, 1.54) is 0 Å². The summed E-state index contributed by atoms with van der Waals surface area (Å²) in [5.74, 6) is -0.0722. The van der Waals surface area contributed by atoms with Crippen LogP contribution in [0.5, 0.6) is 0 Å². The molecule has 2 aromatic rings. The van der Waals surface area contributed by atoms with Gasteiger partial charge in [0, 0.05) is 17.3 Å². The monoisotopic (exact) mass is 229 g/mol. The summed E-state index contributed by atoms with van der Waals surface area (Å²) in [4.78, 5) is 26.6. The lowest BCUT2D eigenvalue weighted by atomic mass is 10.00. The molecule has 0 fully saturated rings. The van der Waals surface area contributed by atoms with Gasteiger partial charge in [0.15, 0.2) is 5.78 Å². The molecule has 1 heterocycles. The van der Waals surface area contributed by atoms with Crippen molar-refractivity contribution < 1.29 is 4.79 Å². The highest BCUT2D eigenvalue weighted by Gasteiger charge is 2.15. The molecular formula is C14H15NO2. The van der Waals surface area contributed by atoms with Crippen LogP contribution in [0.15, 0.2) is 29.1 Å². The summed E-state index contributed by atoms with van der Waals surface area (Å²) in [5, 5.41) is 0.937. The number of hydrogen-bond donors (Lipinski definition) is 1. The first-order chi connectivity index (χ1) is 8.15. The zero-order valence-corrected chi connectivity index (χ0v) is 10.0. The molecule has 0 saturated heterocycles. The van der Waals surface area contributed by atoms with E-state index in [-0.39, 0.29) is 11.3 Å². The van der Waals surface area contributed by atoms with Crippen LogP contribution in [0, 0.1) is 6.92 Å². The molecule has 3 heteroatoms. The number of aryl methyl sites for hydroxylation is 1. The van der Waals surface area contributed by atoms with Gasteiger partial charge in [-0.25, -0.2) is 0 Å². The Balaban J connectivity index is 2.72. The molecule has 1 aromatic carbocycles. The van der Waals surface area contributed by atoms with E-state index in [4.69, 9.17) is 0 Å². The Kier molecular flexibility index (Phi) is 3.09. The number of carbonyl (C=O) groups excluding carboxylic acids is 1. The van der Waals surface area contributed by atoms with Crippen LogP contribution < -0.4 is 5.56 Å². The zero-order chi connectivity index (χ0) is 12.4. The van der Waals surface area contributed by atoms with Crippen molar-refractivity contribution in [3.8, 4) is 0 Å². The maximum atomic E-state index is 11.9. The number of rotatable bonds is 3. The van der Waals surface area contributed by atoms with Gasteiger partial charge in [0.2, 0.25) is 0 Å². The normalized spacial score (nSPS) is 10.7. The minimum absolute atomic E-state index is 0.0722. The maximum absolute atomic E-state index is 11.9. The summed E-state index contributed by atoms with van der Waals surface area (Å²) in [6.07, 6.45) is 1.17. The Labute approximate surface area is 99.5 Å². The second-order valence-electron chi connectivity index (χ2n) is 4.17. The Bertz CT molecular complexity index is 626. The molecule has 0 aliphatic carbocycles. The molecule has 88 valence electrons. The van der Waals surface area contributed by atoms with Crippen LogP contribution in [-0.2, 0) is 0 Å². The molecule has 0 radical (unpaired) electrons. The first-order valence-corrected chi connectivity index (χ1v) is 5.80. The summed E-state index contributed by atoms with van der Waals surface area (Å²) in [6.45, 7) is 3.77. The summed E-state index contributed by atoms with van der Waals surface area (Å²) in [6, 6.07) is 7.54. The number of H-pyrrole nitrogens is 1. The third kappa shape index (κ3) is 2.00. The van der Waals surface area contributed by atoms with Gasteiger partial charge in [-0.05, 0) is 25.0 Å². The number of aromatic amines is 1. The van der Waals surface area contributed by atoms with E-state index in [0.717, 1.165) is 22.9 Å². The van der Waals surface area contributed by atoms with Gasteiger partial charge in [0.1, 0.15) is 0 Å². The number of fused-ring (bicyclic) bond motifs is 1. The van der Waals surface area contributed by atoms with Crippen molar-refractivity contribution in [3.63, 3.8) is 0 Å². The van der Waals surface area contributed by atoms with Gasteiger partial charge in [-0.15, -0.1) is 0 Å². The van der Waals surface area contributed by atoms with Gasteiger partial charge >= 0.3 is 0 Å². The number of pyridine rings is 1. The third-order valence-corrected chi connectivity index (χ3v) is 2.94. The van der Waals surface area contributed by atoms with Crippen LogP contribution in [0.2, 0.25) is 0 Å². The van der Waals surface area contributed by atoms with E-state index >= 15 is 0 Å². The fourth-order valence-electron chi connectivity index (χ4n) is 2.10. The zero-order valence-electron chi connectivity index (χ0n) is 10.0. The van der Waals surface area contributed by atoms with Crippen LogP contribution in [0.4, 0.5) is 0 Å². The van der Waals surface area contributed by atoms with Crippen molar-refractivity contribution >= 4 is 16.7 Å². The van der Waals surface area contributed by atoms with Crippen molar-refractivity contribution in [1.29, 1.82) is 0 Å². The molecule has 0 atom stereocenters. The first-order valence-electron chi connectivity index (χ1n) is 5.80. The quantitative estimate of drug-likeness (QED) is 0.823. The fourth-order valence-corrected chi connectivity index (χ4v) is 2.10. The highest BCUT2D eigenvalue weighted by Crippen LogP contribution is 2.18. The lowest BCUT2D eigenvalue weighted by Crippen LogP contribution is -2.19. The molecule has 0 aliphatic heterocycles. The molecule has 0 aliphatic rings. The van der Waals surface area contributed by atoms with E-state index in [1.807, 2.05) is 38.1 Å². The number of Topliss-reactive ketones (excluding diaryl/α,β-unsaturated/α-hetero) is 1. The number of carbonyl (C=O) groups is 1. The molecule has 0 saturated carbocycles. The van der Waals surface area contributed by atoms with E-state index in [9.17, 15) is 9.59 Å². The fraction of sp³-hybridized carbons (Fsp3) is 0.286. The van der Waals surface area contributed by atoms with Gasteiger partial charge < -0.3 is 4.98 Å². The summed E-state index contributed by atoms with van der Waals surface area (Å²) < 4.78 is 0. The van der Waals surface area contributed by atoms with Crippen molar-refractivity contribution in [3.05, 3.63) is 45.7 Å². The smallest absolute Gasteiger partial charge is 0.259 e. The largest absolute Gasteiger partial charge is 0.321 e. The second kappa shape index (κ2) is 4.53. The predicted octanol–water partition coefficient (Wildman–Crippen LogP) is 2.82. The van der Waals surface area contributed by atoms with Crippen molar-refractivity contribution in [2.45, 2.75) is 26.7 Å². The van der Waals surface area contributed by atoms with Gasteiger partial charge in [-0.2, -0.15) is 0 Å². The van der Waals surface area contributed by atoms with Crippen LogP contribution in [0.3, 0.4) is 0 Å². The molecule has 2 rings (SSSR count). The van der Waals surface area contributed by atoms with Gasteiger partial charge in [0.25, 0.3) is 5.56 Å². The first kappa shape index (κ1) is 11.6. The highest BCUT2D eigenvalue weighted by atomic mass is 16.1. The van der Waals surface area contributed by atoms with Crippen molar-refractivity contribution in [2.24, 2.45) is 0 Å². The highest BCUT2D eigenvalue weighted by molar-refractivity contribution is 6.01. The molecule has 0 amide bonds. The van der Waals surface area contributed by atoms with Crippen LogP contribution in [0.25, 0.3) is 10.9 Å². The lowest BCUT2D eigenvalue weighted by molar-refractivity contribution is 0.0980. The molecule has 0 spiro atoms. The number of nitrogens with one attached hydrogen (secondary N) is 1. The predicted molar refractivity (Wildman–Crippen MR) is 68.5 cm³/mol. The van der Waals surface area contributed by atoms with E-state index < -0.39 is 0 Å². The van der Waals surface area contributed by atoms with Crippen molar-refractivity contribution in [1.82, 2.24) is 4.98 Å². The number of para-hydroxylation sites is 1. The van der Waals surface area contributed by atoms with Crippen molar-refractivity contribution in [2.75, 3.05) is 0 Å². The van der Waals surface area contributed by atoms with E-state index in [2.05, 4.69) is 4.98 Å². The Morgan fingerprint density at radius 1 is 1.29 bits per heavy atom. The lowest BCUT2D eigenvalue weighted by Gasteiger charge is -2.07. The Hall–Kier alpha value is -1.90. The van der Waals surface area contributed by atoms with E-state index in [0.29, 0.717) is 12.0 Å². The van der Waals surface area contributed by atoms with Crippen LogP contribution >= 0.6 is 0 Å². The maximum Gasteiger partial charge on any atom is 0.259 e. The number of aromatic nitrogens is 1. The van der Waals surface area contributed by atoms with Crippen LogP contribution in [0.1, 0.15) is 35.7 Å². The molecular weight excluding hydrogens is 214 g/mol. The van der Waals surface area contributed by atoms with Gasteiger partial charge in [-0.1, -0.05) is 25.1 Å². The third-order valence-electron chi connectivity index (χ3n) is 2.94. The summed E-state index contributed by atoms with van der Waals surface area (Å²) in [5.41, 5.74) is 1.59. The number of ketones is 1. The molecule has 1 aromatic heterocycles. The molecule has 3 nitrogen and oxygen atoms in total. The molecule has 17 heavy (non-hydrogen) atoms. The average molecular weight is 229 g/mol. The minimum Gasteiger partial charge on any atom is -0.321 e. The molecule has 1 N–H and O–H groups in total. The summed E-state index contributed by atoms with van der Waals surface area (Å²) >= 11 is 0. The Morgan fingerprint density at radius 2 is 2.00 bits per heavy atom. The van der Waals surface area contributed by atoms with Crippen LogP contribution in [-0.4, -0.2) is 10.8 Å². The second-order valence-corrected chi connectivity index (χ2v) is 4.17. The molecule has 0 bridgehead atoms. The van der Waals surface area contributed by atoms with E-state index in [1.54, 1.807) is 0 Å². The standard InChI is InChI=1S/C14H15NO2/c1-3-6-12(16)13-9(2)10-7-4-5-8-11(10)15-14(13)17/h4-5,7-8H,3,6H2,1-2H3,(H,15,17). The Morgan fingerprint density at radius 3 is 2.71 bits per heavy atom. The minimum atomic E-state index is -0.278.